The highest BCUT2D eigenvalue weighted by atomic mass is 15.3. The van der Waals surface area contributed by atoms with Crippen molar-refractivity contribution >= 4 is 0 Å². The number of likely N-dealkylation sites (N-methyl/N-ethyl adjacent to an activating group) is 2. The molecule has 1 aliphatic rings. The summed E-state index contributed by atoms with van der Waals surface area (Å²) in [6.07, 6.45) is 0.961. The predicted molar refractivity (Wildman–Crippen MR) is 64.9 cm³/mol. The summed E-state index contributed by atoms with van der Waals surface area (Å²) >= 11 is 0. The number of hydrogen-bond donors (Lipinski definition) is 1. The van der Waals surface area contributed by atoms with E-state index in [0.717, 1.165) is 19.5 Å². The van der Waals surface area contributed by atoms with E-state index in [1.165, 1.54) is 19.6 Å². The van der Waals surface area contributed by atoms with Gasteiger partial charge in [-0.3, -0.25) is 4.90 Å². The first-order valence-electron chi connectivity index (χ1n) is 5.73. The lowest BCUT2D eigenvalue weighted by Gasteiger charge is -2.37. The van der Waals surface area contributed by atoms with Gasteiger partial charge in [0.15, 0.2) is 0 Å². The molecule has 1 rings (SSSR count). The molecule has 0 radical (unpaired) electrons. The van der Waals surface area contributed by atoms with Gasteiger partial charge in [0.2, 0.25) is 0 Å². The fraction of sp³-hybridized carbons (Fsp3) is 0.833. The summed E-state index contributed by atoms with van der Waals surface area (Å²) in [5, 5.41) is 3.47. The second-order valence-corrected chi connectivity index (χ2v) is 4.28. The largest absolute Gasteiger partial charge is 0.314 e. The molecule has 0 spiro atoms. The molecule has 0 aliphatic carbocycles. The molecule has 1 fully saturated rings. The van der Waals surface area contributed by atoms with Crippen LogP contribution >= 0.6 is 0 Å². The maximum Gasteiger partial charge on any atom is 0.0345 e. The van der Waals surface area contributed by atoms with E-state index in [-0.39, 0.29) is 0 Å². The molecule has 1 heterocycles. The topological polar surface area (TPSA) is 18.5 Å². The Labute approximate surface area is 93.8 Å². The first-order valence-corrected chi connectivity index (χ1v) is 5.73. The molecule has 0 bridgehead atoms. The summed E-state index contributed by atoms with van der Waals surface area (Å²) in [5.74, 6) is 5.98. The van der Waals surface area contributed by atoms with Gasteiger partial charge in [-0.1, -0.05) is 0 Å². The Kier molecular flexibility index (Phi) is 5.70. The average molecular weight is 209 g/mol. The number of nitrogens with one attached hydrogen (secondary N) is 1. The number of nitrogens with zero attached hydrogens (tertiary/aromatic N) is 2. The van der Waals surface area contributed by atoms with Crippen LogP contribution in [0.1, 0.15) is 13.3 Å². The summed E-state index contributed by atoms with van der Waals surface area (Å²) in [7, 11) is 4.41. The minimum atomic E-state index is 0.651. The van der Waals surface area contributed by atoms with Crippen molar-refractivity contribution in [3.63, 3.8) is 0 Å². The first kappa shape index (κ1) is 12.5. The summed E-state index contributed by atoms with van der Waals surface area (Å²) in [5.41, 5.74) is 0. The Balaban J connectivity index is 2.15. The van der Waals surface area contributed by atoms with Gasteiger partial charge in [0, 0.05) is 45.2 Å². The standard InChI is InChI=1S/C12H23N3/c1-4-5-6-7-13-10-12-11-14(2)8-9-15(12)3/h12-13H,6-11H2,1-3H3. The van der Waals surface area contributed by atoms with E-state index in [2.05, 4.69) is 41.1 Å². The minimum Gasteiger partial charge on any atom is -0.314 e. The molecule has 1 atom stereocenters. The minimum absolute atomic E-state index is 0.651. The van der Waals surface area contributed by atoms with Crippen LogP contribution in [0, 0.1) is 11.8 Å². The summed E-state index contributed by atoms with van der Waals surface area (Å²) in [4.78, 5) is 4.84. The van der Waals surface area contributed by atoms with Crippen molar-refractivity contribution < 1.29 is 0 Å². The van der Waals surface area contributed by atoms with Gasteiger partial charge < -0.3 is 10.2 Å². The van der Waals surface area contributed by atoms with Gasteiger partial charge in [-0.15, -0.1) is 11.8 Å². The van der Waals surface area contributed by atoms with Crippen molar-refractivity contribution in [3.8, 4) is 11.8 Å². The van der Waals surface area contributed by atoms with Crippen LogP contribution in [0.25, 0.3) is 0 Å². The zero-order valence-corrected chi connectivity index (χ0v) is 10.2. The zero-order valence-electron chi connectivity index (χ0n) is 10.2. The molecule has 1 unspecified atom stereocenters. The van der Waals surface area contributed by atoms with Crippen LogP contribution < -0.4 is 5.32 Å². The SMILES string of the molecule is CC#CCCNCC1CN(C)CCN1C. The Bertz CT molecular complexity index is 229. The van der Waals surface area contributed by atoms with E-state index in [0.29, 0.717) is 6.04 Å². The van der Waals surface area contributed by atoms with Crippen LogP contribution in [0.2, 0.25) is 0 Å². The quantitative estimate of drug-likeness (QED) is 0.528. The summed E-state index contributed by atoms with van der Waals surface area (Å²) in [6, 6.07) is 0.651. The lowest BCUT2D eigenvalue weighted by atomic mass is 10.2. The van der Waals surface area contributed by atoms with Gasteiger partial charge in [-0.25, -0.2) is 0 Å². The van der Waals surface area contributed by atoms with E-state index < -0.39 is 0 Å². The molecule has 0 aromatic carbocycles. The molecule has 0 aromatic heterocycles. The van der Waals surface area contributed by atoms with Gasteiger partial charge in [-0.2, -0.15) is 0 Å². The highest BCUT2D eigenvalue weighted by molar-refractivity contribution is 4.95. The normalized spacial score (nSPS) is 23.5. The molecule has 0 amide bonds. The van der Waals surface area contributed by atoms with Gasteiger partial charge >= 0.3 is 0 Å². The molecule has 3 heteroatoms. The van der Waals surface area contributed by atoms with E-state index in [1.807, 2.05) is 6.92 Å². The molecule has 1 aliphatic heterocycles. The van der Waals surface area contributed by atoms with Crippen LogP contribution in [0.15, 0.2) is 0 Å². The Hall–Kier alpha value is -0.560. The van der Waals surface area contributed by atoms with Crippen LogP contribution in [-0.2, 0) is 0 Å². The van der Waals surface area contributed by atoms with Crippen LogP contribution in [0.3, 0.4) is 0 Å². The molecule has 1 saturated heterocycles. The summed E-state index contributed by atoms with van der Waals surface area (Å²) < 4.78 is 0. The second kappa shape index (κ2) is 6.84. The lowest BCUT2D eigenvalue weighted by Crippen LogP contribution is -2.53. The average Bonchev–Trinajstić information content (AvgIpc) is 2.23. The first-order chi connectivity index (χ1) is 7.24. The monoisotopic (exact) mass is 209 g/mol. The molecule has 15 heavy (non-hydrogen) atoms. The van der Waals surface area contributed by atoms with Crippen LogP contribution in [0.4, 0.5) is 0 Å². The highest BCUT2D eigenvalue weighted by Gasteiger charge is 2.21. The molecule has 86 valence electrons. The lowest BCUT2D eigenvalue weighted by molar-refractivity contribution is 0.114. The predicted octanol–water partition coefficient (Wildman–Crippen LogP) is 0.235. The van der Waals surface area contributed by atoms with Crippen molar-refractivity contribution in [2.24, 2.45) is 0 Å². The Morgan fingerprint density at radius 3 is 2.87 bits per heavy atom. The highest BCUT2D eigenvalue weighted by Crippen LogP contribution is 2.04. The Morgan fingerprint density at radius 2 is 2.13 bits per heavy atom. The molecule has 1 N–H and O–H groups in total. The third-order valence-corrected chi connectivity index (χ3v) is 2.96. The van der Waals surface area contributed by atoms with Gasteiger partial charge in [0.25, 0.3) is 0 Å². The fourth-order valence-electron chi connectivity index (χ4n) is 1.87. The van der Waals surface area contributed by atoms with Gasteiger partial charge in [0.05, 0.1) is 0 Å². The van der Waals surface area contributed by atoms with Crippen molar-refractivity contribution in [3.05, 3.63) is 0 Å². The molecular formula is C12H23N3. The fourth-order valence-corrected chi connectivity index (χ4v) is 1.87. The second-order valence-electron chi connectivity index (χ2n) is 4.28. The molecule has 0 saturated carbocycles. The third-order valence-electron chi connectivity index (χ3n) is 2.96. The van der Waals surface area contributed by atoms with Gasteiger partial charge in [0.1, 0.15) is 0 Å². The smallest absolute Gasteiger partial charge is 0.0345 e. The van der Waals surface area contributed by atoms with Crippen molar-refractivity contribution in [2.45, 2.75) is 19.4 Å². The maximum absolute atomic E-state index is 3.47. The van der Waals surface area contributed by atoms with E-state index in [4.69, 9.17) is 0 Å². The molecular weight excluding hydrogens is 186 g/mol. The number of piperazine rings is 1. The Morgan fingerprint density at radius 1 is 1.33 bits per heavy atom. The van der Waals surface area contributed by atoms with Crippen molar-refractivity contribution in [1.29, 1.82) is 0 Å². The van der Waals surface area contributed by atoms with E-state index in [1.54, 1.807) is 0 Å². The maximum atomic E-state index is 3.47. The number of hydrogen-bond acceptors (Lipinski definition) is 3. The van der Waals surface area contributed by atoms with Crippen LogP contribution in [0.5, 0.6) is 0 Å². The van der Waals surface area contributed by atoms with Crippen LogP contribution in [-0.4, -0.2) is 62.7 Å². The third kappa shape index (κ3) is 4.65. The van der Waals surface area contributed by atoms with E-state index in [9.17, 15) is 0 Å². The van der Waals surface area contributed by atoms with Crippen molar-refractivity contribution in [2.75, 3.05) is 46.8 Å². The van der Waals surface area contributed by atoms with Crippen molar-refractivity contribution in [1.82, 2.24) is 15.1 Å². The zero-order chi connectivity index (χ0) is 11.1. The van der Waals surface area contributed by atoms with E-state index >= 15 is 0 Å². The molecule has 0 aromatic rings. The summed E-state index contributed by atoms with van der Waals surface area (Å²) in [6.45, 7) is 7.51. The number of rotatable bonds is 4. The molecule has 3 nitrogen and oxygen atoms in total. The van der Waals surface area contributed by atoms with Gasteiger partial charge in [-0.05, 0) is 21.0 Å².